The Bertz CT molecular complexity index is 266. The van der Waals surface area contributed by atoms with Gasteiger partial charge in [-0.15, -0.1) is 0 Å². The van der Waals surface area contributed by atoms with Crippen molar-refractivity contribution in [3.05, 3.63) is 0 Å². The molecule has 1 aliphatic rings. The van der Waals surface area contributed by atoms with Crippen LogP contribution in [-0.4, -0.2) is 54.6 Å². The van der Waals surface area contributed by atoms with E-state index in [4.69, 9.17) is 5.73 Å². The van der Waals surface area contributed by atoms with Crippen molar-refractivity contribution in [3.63, 3.8) is 0 Å². The molecule has 0 atom stereocenters. The summed E-state index contributed by atoms with van der Waals surface area (Å²) in [6.07, 6.45) is 5.05. The van der Waals surface area contributed by atoms with Crippen LogP contribution in [0.3, 0.4) is 0 Å². The first-order chi connectivity index (χ1) is 10.0. The lowest BCUT2D eigenvalue weighted by molar-refractivity contribution is 0.0161. The highest BCUT2D eigenvalue weighted by atomic mass is 15.2. The van der Waals surface area contributed by atoms with Gasteiger partial charge in [0.1, 0.15) is 0 Å². The van der Waals surface area contributed by atoms with Gasteiger partial charge in [0.15, 0.2) is 0 Å². The summed E-state index contributed by atoms with van der Waals surface area (Å²) in [5, 5.41) is 0. The lowest BCUT2D eigenvalue weighted by Crippen LogP contribution is -2.60. The Morgan fingerprint density at radius 2 is 1.67 bits per heavy atom. The fourth-order valence-corrected chi connectivity index (χ4v) is 3.83. The maximum atomic E-state index is 6.26. The van der Waals surface area contributed by atoms with Crippen molar-refractivity contribution in [2.75, 3.05) is 39.3 Å². The van der Waals surface area contributed by atoms with E-state index in [1.54, 1.807) is 0 Å². The van der Waals surface area contributed by atoms with E-state index in [2.05, 4.69) is 44.4 Å². The monoisotopic (exact) mass is 297 g/mol. The van der Waals surface area contributed by atoms with Crippen molar-refractivity contribution in [1.29, 1.82) is 0 Å². The van der Waals surface area contributed by atoms with Gasteiger partial charge in [-0.3, -0.25) is 4.90 Å². The molecule has 0 aromatic carbocycles. The predicted octanol–water partition coefficient (Wildman–Crippen LogP) is 3.19. The van der Waals surface area contributed by atoms with Gasteiger partial charge in [-0.25, -0.2) is 0 Å². The third-order valence-corrected chi connectivity index (χ3v) is 5.48. The summed E-state index contributed by atoms with van der Waals surface area (Å²) < 4.78 is 0. The summed E-state index contributed by atoms with van der Waals surface area (Å²) in [6.45, 7) is 18.4. The van der Waals surface area contributed by atoms with Crippen molar-refractivity contribution < 1.29 is 0 Å². The molecule has 1 saturated heterocycles. The minimum Gasteiger partial charge on any atom is -0.329 e. The average Bonchev–Trinajstić information content (AvgIpc) is 2.49. The lowest BCUT2D eigenvalue weighted by Gasteiger charge is -2.49. The van der Waals surface area contributed by atoms with Crippen LogP contribution in [0, 0.1) is 11.8 Å². The predicted molar refractivity (Wildman–Crippen MR) is 93.6 cm³/mol. The first-order valence-electron chi connectivity index (χ1n) is 9.18. The van der Waals surface area contributed by atoms with Gasteiger partial charge in [0.25, 0.3) is 0 Å². The maximum Gasteiger partial charge on any atom is 0.0356 e. The van der Waals surface area contributed by atoms with E-state index in [1.165, 1.54) is 51.9 Å². The Hall–Kier alpha value is -0.120. The molecule has 0 amide bonds. The van der Waals surface area contributed by atoms with Gasteiger partial charge in [0, 0.05) is 25.2 Å². The minimum absolute atomic E-state index is 0.255. The highest BCUT2D eigenvalue weighted by Gasteiger charge is 2.38. The van der Waals surface area contributed by atoms with Crippen LogP contribution in [0.15, 0.2) is 0 Å². The van der Waals surface area contributed by atoms with Crippen LogP contribution in [-0.2, 0) is 0 Å². The van der Waals surface area contributed by atoms with Crippen molar-refractivity contribution in [3.8, 4) is 0 Å². The SMILES string of the molecule is CCC(CC)CN(CC)C1(CN)CCN(CC(C)C)CC1. The molecule has 2 N–H and O–H groups in total. The van der Waals surface area contributed by atoms with Crippen molar-refractivity contribution in [1.82, 2.24) is 9.80 Å². The number of hydrogen-bond donors (Lipinski definition) is 1. The average molecular weight is 298 g/mol. The molecule has 0 unspecified atom stereocenters. The van der Waals surface area contributed by atoms with Crippen LogP contribution >= 0.6 is 0 Å². The van der Waals surface area contributed by atoms with Gasteiger partial charge in [0.05, 0.1) is 0 Å². The van der Waals surface area contributed by atoms with Crippen LogP contribution in [0.4, 0.5) is 0 Å². The molecule has 1 fully saturated rings. The van der Waals surface area contributed by atoms with Gasteiger partial charge in [-0.05, 0) is 44.3 Å². The number of piperidine rings is 1. The molecule has 21 heavy (non-hydrogen) atoms. The van der Waals surface area contributed by atoms with Gasteiger partial charge in [-0.1, -0.05) is 47.5 Å². The van der Waals surface area contributed by atoms with Crippen LogP contribution in [0.25, 0.3) is 0 Å². The second-order valence-electron chi connectivity index (χ2n) is 7.34. The number of likely N-dealkylation sites (N-methyl/N-ethyl adjacent to an activating group) is 1. The number of rotatable bonds is 9. The molecule has 0 saturated carbocycles. The van der Waals surface area contributed by atoms with Crippen LogP contribution in [0.5, 0.6) is 0 Å². The highest BCUT2D eigenvalue weighted by molar-refractivity contribution is 4.96. The van der Waals surface area contributed by atoms with Gasteiger partial charge >= 0.3 is 0 Å². The standard InChI is InChI=1S/C18H39N3/c1-6-17(7-2)14-21(8-3)18(15-19)9-11-20(12-10-18)13-16(4)5/h16-17H,6-15,19H2,1-5H3. The lowest BCUT2D eigenvalue weighted by atomic mass is 9.84. The highest BCUT2D eigenvalue weighted by Crippen LogP contribution is 2.30. The number of nitrogens with zero attached hydrogens (tertiary/aromatic N) is 2. The fourth-order valence-electron chi connectivity index (χ4n) is 3.83. The first-order valence-corrected chi connectivity index (χ1v) is 9.18. The van der Waals surface area contributed by atoms with E-state index >= 15 is 0 Å². The summed E-state index contributed by atoms with van der Waals surface area (Å²) in [7, 11) is 0. The van der Waals surface area contributed by atoms with Crippen LogP contribution < -0.4 is 5.73 Å². The molecule has 0 aromatic rings. The fraction of sp³-hybridized carbons (Fsp3) is 1.00. The van der Waals surface area contributed by atoms with Crippen molar-refractivity contribution in [2.24, 2.45) is 17.6 Å². The summed E-state index contributed by atoms with van der Waals surface area (Å²) >= 11 is 0. The van der Waals surface area contributed by atoms with Gasteiger partial charge in [-0.2, -0.15) is 0 Å². The zero-order valence-corrected chi connectivity index (χ0v) is 15.2. The van der Waals surface area contributed by atoms with Crippen molar-refractivity contribution >= 4 is 0 Å². The molecule has 0 aromatic heterocycles. The molecule has 0 radical (unpaired) electrons. The molecule has 1 aliphatic heterocycles. The third kappa shape index (κ3) is 5.22. The van der Waals surface area contributed by atoms with Gasteiger partial charge < -0.3 is 10.6 Å². The van der Waals surface area contributed by atoms with E-state index in [9.17, 15) is 0 Å². The topological polar surface area (TPSA) is 32.5 Å². The molecule has 3 heteroatoms. The quantitative estimate of drug-likeness (QED) is 0.709. The van der Waals surface area contributed by atoms with E-state index < -0.39 is 0 Å². The van der Waals surface area contributed by atoms with E-state index in [0.29, 0.717) is 0 Å². The molecule has 126 valence electrons. The minimum atomic E-state index is 0.255. The molecule has 1 rings (SSSR count). The number of hydrogen-bond acceptors (Lipinski definition) is 3. The molecular weight excluding hydrogens is 258 g/mol. The molecule has 0 bridgehead atoms. The van der Waals surface area contributed by atoms with E-state index in [0.717, 1.165) is 24.9 Å². The number of nitrogens with two attached hydrogens (primary N) is 1. The van der Waals surface area contributed by atoms with E-state index in [-0.39, 0.29) is 5.54 Å². The Morgan fingerprint density at radius 1 is 1.10 bits per heavy atom. The summed E-state index contributed by atoms with van der Waals surface area (Å²) in [5.41, 5.74) is 6.51. The van der Waals surface area contributed by atoms with Crippen LogP contribution in [0.2, 0.25) is 0 Å². The largest absolute Gasteiger partial charge is 0.329 e. The van der Waals surface area contributed by atoms with Gasteiger partial charge in [0.2, 0.25) is 0 Å². The second-order valence-corrected chi connectivity index (χ2v) is 7.34. The van der Waals surface area contributed by atoms with E-state index in [1.807, 2.05) is 0 Å². The maximum absolute atomic E-state index is 6.26. The first kappa shape index (κ1) is 18.9. The smallest absolute Gasteiger partial charge is 0.0356 e. The zero-order chi connectivity index (χ0) is 15.9. The molecule has 0 aliphatic carbocycles. The van der Waals surface area contributed by atoms with Crippen LogP contribution in [0.1, 0.15) is 60.3 Å². The Labute approximate surface area is 133 Å². The molecule has 0 spiro atoms. The zero-order valence-electron chi connectivity index (χ0n) is 15.2. The Morgan fingerprint density at radius 3 is 2.05 bits per heavy atom. The summed E-state index contributed by atoms with van der Waals surface area (Å²) in [4.78, 5) is 5.33. The summed E-state index contributed by atoms with van der Waals surface area (Å²) in [5.74, 6) is 1.59. The molecule has 3 nitrogen and oxygen atoms in total. The Balaban J connectivity index is 2.66. The Kier molecular flexibility index (Phi) is 8.22. The second kappa shape index (κ2) is 9.12. The molecular formula is C18H39N3. The normalized spacial score (nSPS) is 19.9. The van der Waals surface area contributed by atoms with Crippen molar-refractivity contribution in [2.45, 2.75) is 65.8 Å². The number of likely N-dealkylation sites (tertiary alicyclic amines) is 1. The molecule has 1 heterocycles. The third-order valence-electron chi connectivity index (χ3n) is 5.48. The summed E-state index contributed by atoms with van der Waals surface area (Å²) in [6, 6.07) is 0.